The fourth-order valence-corrected chi connectivity index (χ4v) is 2.71. The molecule has 0 saturated carbocycles. The summed E-state index contributed by atoms with van der Waals surface area (Å²) >= 11 is 0. The molecule has 0 radical (unpaired) electrons. The van der Waals surface area contributed by atoms with Crippen LogP contribution in [0.15, 0.2) is 36.3 Å². The van der Waals surface area contributed by atoms with Crippen LogP contribution in [0.5, 0.6) is 0 Å². The summed E-state index contributed by atoms with van der Waals surface area (Å²) in [5.74, 6) is -0.130. The molecule has 1 atom stereocenters. The highest BCUT2D eigenvalue weighted by atomic mass is 32.2. The van der Waals surface area contributed by atoms with Crippen molar-refractivity contribution in [3.8, 4) is 0 Å². The second kappa shape index (κ2) is 11.0. The third-order valence-electron chi connectivity index (χ3n) is 3.80. The van der Waals surface area contributed by atoms with Crippen LogP contribution >= 0.6 is 0 Å². The van der Waals surface area contributed by atoms with Crippen LogP contribution in [-0.4, -0.2) is 36.8 Å². The average Bonchev–Trinajstić information content (AvgIpc) is 2.55. The summed E-state index contributed by atoms with van der Waals surface area (Å²) < 4.78 is 25.5. The van der Waals surface area contributed by atoms with E-state index in [9.17, 15) is 18.3 Å². The van der Waals surface area contributed by atoms with E-state index in [-0.39, 0.29) is 17.7 Å². The standard InChI is InChI=1S/C18H33N3O4S/c1-6-15(11-10-14(2)16(22)13-19)21-17(23)9-7-8-12-20-26(24,25)18(3,4)5/h6,10,13,15,20,22H,1,7-9,11-12,19H2,2-5H3,(H,21,23)/b14-10+,16-13-. The minimum atomic E-state index is -3.35. The molecule has 0 aliphatic heterocycles. The quantitative estimate of drug-likeness (QED) is 0.187. The predicted molar refractivity (Wildman–Crippen MR) is 106 cm³/mol. The summed E-state index contributed by atoms with van der Waals surface area (Å²) in [4.78, 5) is 12.0. The lowest BCUT2D eigenvalue weighted by atomic mass is 10.1. The molecule has 150 valence electrons. The molecule has 5 N–H and O–H groups in total. The Bertz CT molecular complexity index is 631. The van der Waals surface area contributed by atoms with Crippen LogP contribution in [0.2, 0.25) is 0 Å². The van der Waals surface area contributed by atoms with Gasteiger partial charge in [0, 0.05) is 19.2 Å². The first kappa shape index (κ1) is 24.2. The summed E-state index contributed by atoms with van der Waals surface area (Å²) in [6.07, 6.45) is 6.46. The Balaban J connectivity index is 4.23. The van der Waals surface area contributed by atoms with Gasteiger partial charge in [0.25, 0.3) is 0 Å². The first-order chi connectivity index (χ1) is 11.9. The van der Waals surface area contributed by atoms with Crippen molar-refractivity contribution in [2.45, 2.75) is 64.2 Å². The molecule has 0 aromatic carbocycles. The summed E-state index contributed by atoms with van der Waals surface area (Å²) in [5.41, 5.74) is 5.86. The Morgan fingerprint density at radius 2 is 1.92 bits per heavy atom. The van der Waals surface area contributed by atoms with E-state index >= 15 is 0 Å². The smallest absolute Gasteiger partial charge is 0.220 e. The highest BCUT2D eigenvalue weighted by Gasteiger charge is 2.27. The van der Waals surface area contributed by atoms with Crippen molar-refractivity contribution in [2.24, 2.45) is 5.73 Å². The third kappa shape index (κ3) is 9.05. The van der Waals surface area contributed by atoms with Gasteiger partial charge in [-0.1, -0.05) is 12.2 Å². The number of allylic oxidation sites excluding steroid dienone is 1. The zero-order valence-electron chi connectivity index (χ0n) is 16.2. The Morgan fingerprint density at radius 3 is 2.42 bits per heavy atom. The van der Waals surface area contributed by atoms with E-state index in [4.69, 9.17) is 5.73 Å². The van der Waals surface area contributed by atoms with Crippen LogP contribution in [0.1, 0.15) is 53.4 Å². The average molecular weight is 388 g/mol. The van der Waals surface area contributed by atoms with Crippen molar-refractivity contribution in [2.75, 3.05) is 6.54 Å². The molecule has 0 spiro atoms. The molecular formula is C18H33N3O4S. The van der Waals surface area contributed by atoms with Gasteiger partial charge in [-0.15, -0.1) is 6.58 Å². The number of hydrogen-bond donors (Lipinski definition) is 4. The van der Waals surface area contributed by atoms with Gasteiger partial charge in [0.05, 0.1) is 10.8 Å². The van der Waals surface area contributed by atoms with E-state index in [1.165, 1.54) is 0 Å². The summed E-state index contributed by atoms with van der Waals surface area (Å²) in [5, 5.41) is 12.3. The van der Waals surface area contributed by atoms with Gasteiger partial charge in [-0.3, -0.25) is 4.79 Å². The van der Waals surface area contributed by atoms with Crippen LogP contribution in [0.4, 0.5) is 0 Å². The highest BCUT2D eigenvalue weighted by Crippen LogP contribution is 2.13. The van der Waals surface area contributed by atoms with Gasteiger partial charge in [-0.05, 0) is 52.5 Å². The van der Waals surface area contributed by atoms with E-state index in [0.717, 1.165) is 6.20 Å². The van der Waals surface area contributed by atoms with Crippen LogP contribution in [0.3, 0.4) is 0 Å². The van der Waals surface area contributed by atoms with Crippen LogP contribution in [-0.2, 0) is 14.8 Å². The number of unbranched alkanes of at least 4 members (excludes halogenated alkanes) is 1. The molecule has 0 heterocycles. The predicted octanol–water partition coefficient (Wildman–Crippen LogP) is 2.24. The molecule has 7 nitrogen and oxygen atoms in total. The van der Waals surface area contributed by atoms with Crippen molar-refractivity contribution < 1.29 is 18.3 Å². The van der Waals surface area contributed by atoms with Gasteiger partial charge in [0.2, 0.25) is 15.9 Å². The zero-order valence-corrected chi connectivity index (χ0v) is 17.0. The second-order valence-corrected chi connectivity index (χ2v) is 9.57. The van der Waals surface area contributed by atoms with E-state index in [2.05, 4.69) is 16.6 Å². The van der Waals surface area contributed by atoms with Crippen molar-refractivity contribution in [1.82, 2.24) is 10.0 Å². The second-order valence-electron chi connectivity index (χ2n) is 7.05. The number of carbonyl (C=O) groups excluding carboxylic acids is 1. The molecule has 0 aliphatic carbocycles. The summed E-state index contributed by atoms with van der Waals surface area (Å²) in [6.45, 7) is 10.6. The highest BCUT2D eigenvalue weighted by molar-refractivity contribution is 7.90. The molecule has 0 rings (SSSR count). The molecule has 0 aromatic heterocycles. The number of aliphatic hydroxyl groups is 1. The van der Waals surface area contributed by atoms with Crippen LogP contribution in [0, 0.1) is 0 Å². The third-order valence-corrected chi connectivity index (χ3v) is 6.00. The molecule has 0 fully saturated rings. The molecule has 26 heavy (non-hydrogen) atoms. The topological polar surface area (TPSA) is 122 Å². The number of carbonyl (C=O) groups is 1. The molecule has 0 aromatic rings. The first-order valence-corrected chi connectivity index (χ1v) is 10.1. The van der Waals surface area contributed by atoms with E-state index in [1.54, 1.807) is 39.8 Å². The summed E-state index contributed by atoms with van der Waals surface area (Å²) in [7, 11) is -3.35. The molecule has 1 unspecified atom stereocenters. The van der Waals surface area contributed by atoms with Crippen molar-refractivity contribution in [3.05, 3.63) is 36.3 Å². The lowest BCUT2D eigenvalue weighted by Gasteiger charge is -2.19. The van der Waals surface area contributed by atoms with Gasteiger partial charge >= 0.3 is 0 Å². The van der Waals surface area contributed by atoms with E-state index in [1.807, 2.05) is 0 Å². The van der Waals surface area contributed by atoms with Gasteiger partial charge in [-0.25, -0.2) is 13.1 Å². The van der Waals surface area contributed by atoms with Gasteiger partial charge in [-0.2, -0.15) is 0 Å². The van der Waals surface area contributed by atoms with E-state index in [0.29, 0.717) is 37.8 Å². The number of rotatable bonds is 11. The van der Waals surface area contributed by atoms with Crippen molar-refractivity contribution in [1.29, 1.82) is 0 Å². The Hall–Kier alpha value is -1.80. The Labute approximate surface area is 157 Å². The zero-order chi connectivity index (χ0) is 20.4. The minimum absolute atomic E-state index is 0.00292. The number of aliphatic hydroxyl groups excluding tert-OH is 1. The first-order valence-electron chi connectivity index (χ1n) is 8.63. The molecule has 0 aliphatic rings. The van der Waals surface area contributed by atoms with E-state index < -0.39 is 14.8 Å². The van der Waals surface area contributed by atoms with Gasteiger partial charge < -0.3 is 16.2 Å². The maximum Gasteiger partial charge on any atom is 0.220 e. The number of nitrogens with two attached hydrogens (primary N) is 1. The largest absolute Gasteiger partial charge is 0.506 e. The maximum atomic E-state index is 12.0. The van der Waals surface area contributed by atoms with Gasteiger partial charge in [0.15, 0.2) is 0 Å². The number of sulfonamides is 1. The Kier molecular flexibility index (Phi) is 10.3. The lowest BCUT2D eigenvalue weighted by molar-refractivity contribution is -0.121. The van der Waals surface area contributed by atoms with Crippen LogP contribution < -0.4 is 15.8 Å². The SMILES string of the molecule is C=CC(C/C=C(C)/C(O)=C/N)NC(=O)CCCCNS(=O)(=O)C(C)(C)C. The molecule has 0 bridgehead atoms. The van der Waals surface area contributed by atoms with Gasteiger partial charge in [0.1, 0.15) is 5.76 Å². The molecule has 0 saturated heterocycles. The van der Waals surface area contributed by atoms with Crippen molar-refractivity contribution in [3.63, 3.8) is 0 Å². The lowest BCUT2D eigenvalue weighted by Crippen LogP contribution is -2.39. The molecule has 1 amide bonds. The number of hydrogen-bond acceptors (Lipinski definition) is 5. The van der Waals surface area contributed by atoms with Crippen LogP contribution in [0.25, 0.3) is 0 Å². The maximum absolute atomic E-state index is 12.0. The minimum Gasteiger partial charge on any atom is -0.506 e. The molecular weight excluding hydrogens is 354 g/mol. The fourth-order valence-electron chi connectivity index (χ4n) is 1.87. The number of amides is 1. The van der Waals surface area contributed by atoms with Crippen molar-refractivity contribution >= 4 is 15.9 Å². The normalized spacial score (nSPS) is 14.8. The monoisotopic (exact) mass is 387 g/mol. The fraction of sp³-hybridized carbons (Fsp3) is 0.611. The number of nitrogens with one attached hydrogen (secondary N) is 2. The Morgan fingerprint density at radius 1 is 1.31 bits per heavy atom. The molecule has 8 heteroatoms. The summed E-state index contributed by atoms with van der Waals surface area (Å²) in [6, 6.07) is -0.248.